The zero-order valence-electron chi connectivity index (χ0n) is 11.7. The van der Waals surface area contributed by atoms with Gasteiger partial charge in [0.2, 0.25) is 11.8 Å². The van der Waals surface area contributed by atoms with Crippen LogP contribution in [-0.4, -0.2) is 16.6 Å². The van der Waals surface area contributed by atoms with E-state index in [2.05, 4.69) is 10.3 Å². The number of thioether (sulfide) groups is 1. The largest absolute Gasteiger partial charge is 0.436 e. The van der Waals surface area contributed by atoms with Crippen LogP contribution in [0.25, 0.3) is 22.6 Å². The number of carbonyl (C=O) groups excluding carboxylic acids is 1. The van der Waals surface area contributed by atoms with Gasteiger partial charge >= 0.3 is 0 Å². The van der Waals surface area contributed by atoms with Crippen LogP contribution in [0, 0.1) is 10.7 Å². The van der Waals surface area contributed by atoms with E-state index < -0.39 is 0 Å². The molecule has 0 unspecified atom stereocenters. The lowest BCUT2D eigenvalue weighted by atomic mass is 10.2. The number of amides is 1. The van der Waals surface area contributed by atoms with Gasteiger partial charge in [0.1, 0.15) is 10.9 Å². The molecule has 1 aromatic heterocycles. The fourth-order valence-electron chi connectivity index (χ4n) is 2.05. The maximum absolute atomic E-state index is 11.6. The number of hydrogen-bond donors (Lipinski definition) is 1. The average Bonchev–Trinajstić information content (AvgIpc) is 2.96. The first kappa shape index (κ1) is 15.4. The number of nitrogens with one attached hydrogen (secondary N) is 1. The summed E-state index contributed by atoms with van der Waals surface area (Å²) in [6, 6.07) is 12.5. The lowest BCUT2D eigenvalue weighted by Gasteiger charge is -2.02. The van der Waals surface area contributed by atoms with Crippen LogP contribution < -0.4 is 5.32 Å². The van der Waals surface area contributed by atoms with Crippen molar-refractivity contribution in [2.45, 2.75) is 0 Å². The molecule has 0 atom stereocenters. The molecule has 1 amide bonds. The summed E-state index contributed by atoms with van der Waals surface area (Å²) in [4.78, 5) is 16.0. The maximum Gasteiger partial charge on any atom is 0.235 e. The summed E-state index contributed by atoms with van der Waals surface area (Å²) < 4.78 is 5.73. The highest BCUT2D eigenvalue weighted by Crippen LogP contribution is 2.30. The topological polar surface area (TPSA) is 78.9 Å². The Kier molecular flexibility index (Phi) is 4.51. The maximum atomic E-state index is 11.6. The molecule has 0 radical (unpaired) electrons. The van der Waals surface area contributed by atoms with Gasteiger partial charge in [-0.3, -0.25) is 4.79 Å². The van der Waals surface area contributed by atoms with E-state index in [4.69, 9.17) is 21.3 Å². The second-order valence-electron chi connectivity index (χ2n) is 4.61. The molecular weight excluding hydrogens is 334 g/mol. The lowest BCUT2D eigenvalue weighted by Crippen LogP contribution is -2.13. The van der Waals surface area contributed by atoms with Gasteiger partial charge in [-0.25, -0.2) is 4.98 Å². The van der Waals surface area contributed by atoms with Crippen LogP contribution in [-0.2, 0) is 4.79 Å². The van der Waals surface area contributed by atoms with E-state index in [0.29, 0.717) is 33.3 Å². The average molecular weight is 344 g/mol. The molecule has 0 aliphatic rings. The van der Waals surface area contributed by atoms with Gasteiger partial charge in [0.15, 0.2) is 5.58 Å². The molecule has 7 heteroatoms. The Morgan fingerprint density at radius 3 is 2.96 bits per heavy atom. The number of hydrogen-bond acceptors (Lipinski definition) is 5. The number of rotatable bonds is 4. The normalized spacial score (nSPS) is 10.4. The van der Waals surface area contributed by atoms with Crippen molar-refractivity contribution in [1.29, 1.82) is 5.26 Å². The third kappa shape index (κ3) is 3.47. The number of anilines is 1. The van der Waals surface area contributed by atoms with Gasteiger partial charge in [-0.2, -0.15) is 5.26 Å². The Morgan fingerprint density at radius 2 is 2.17 bits per heavy atom. The summed E-state index contributed by atoms with van der Waals surface area (Å²) in [5.74, 6) is 0.256. The van der Waals surface area contributed by atoms with Crippen molar-refractivity contribution in [2.75, 3.05) is 11.1 Å². The predicted octanol–water partition coefficient (Wildman–Crippen LogP) is 4.30. The van der Waals surface area contributed by atoms with Crippen LogP contribution in [0.2, 0.25) is 5.02 Å². The number of fused-ring (bicyclic) bond motifs is 1. The summed E-state index contributed by atoms with van der Waals surface area (Å²) >= 11 is 7.03. The summed E-state index contributed by atoms with van der Waals surface area (Å²) in [6.07, 6.45) is 0. The molecule has 1 heterocycles. The summed E-state index contributed by atoms with van der Waals surface area (Å²) in [6.45, 7) is 0. The molecule has 0 spiro atoms. The Bertz CT molecular complexity index is 917. The molecule has 23 heavy (non-hydrogen) atoms. The molecule has 3 rings (SSSR count). The van der Waals surface area contributed by atoms with Crippen molar-refractivity contribution in [3.8, 4) is 16.9 Å². The molecule has 0 saturated heterocycles. The molecule has 114 valence electrons. The highest BCUT2D eigenvalue weighted by atomic mass is 35.5. The van der Waals surface area contributed by atoms with Gasteiger partial charge in [-0.15, -0.1) is 0 Å². The van der Waals surface area contributed by atoms with Crippen LogP contribution in [0.5, 0.6) is 0 Å². The third-order valence-electron chi connectivity index (χ3n) is 3.04. The van der Waals surface area contributed by atoms with Crippen molar-refractivity contribution < 1.29 is 9.21 Å². The van der Waals surface area contributed by atoms with Crippen LogP contribution in [0.15, 0.2) is 46.9 Å². The number of aromatic nitrogens is 1. The SMILES string of the molecule is N#CSCC(=O)Nc1ccc2nc(-c3ccccc3Cl)oc2c1. The van der Waals surface area contributed by atoms with Gasteiger partial charge in [0, 0.05) is 11.8 Å². The number of oxazole rings is 1. The molecule has 1 N–H and O–H groups in total. The van der Waals surface area contributed by atoms with Crippen LogP contribution in [0.4, 0.5) is 5.69 Å². The molecule has 5 nitrogen and oxygen atoms in total. The molecule has 3 aromatic rings. The fraction of sp³-hybridized carbons (Fsp3) is 0.0625. The Balaban J connectivity index is 1.88. The highest BCUT2D eigenvalue weighted by molar-refractivity contribution is 8.04. The lowest BCUT2D eigenvalue weighted by molar-refractivity contribution is -0.113. The fourth-order valence-corrected chi connectivity index (χ4v) is 2.53. The first-order chi connectivity index (χ1) is 11.2. The minimum atomic E-state index is -0.248. The zero-order valence-corrected chi connectivity index (χ0v) is 13.3. The van der Waals surface area contributed by atoms with E-state index in [-0.39, 0.29) is 11.7 Å². The van der Waals surface area contributed by atoms with Gasteiger partial charge in [-0.05, 0) is 36.0 Å². The number of halogens is 1. The summed E-state index contributed by atoms with van der Waals surface area (Å²) in [7, 11) is 0. The minimum Gasteiger partial charge on any atom is -0.436 e. The van der Waals surface area contributed by atoms with Crippen LogP contribution in [0.3, 0.4) is 0 Å². The van der Waals surface area contributed by atoms with E-state index in [1.165, 1.54) is 0 Å². The van der Waals surface area contributed by atoms with E-state index in [1.807, 2.05) is 23.6 Å². The van der Waals surface area contributed by atoms with Crippen molar-refractivity contribution in [3.63, 3.8) is 0 Å². The van der Waals surface area contributed by atoms with Crippen molar-refractivity contribution in [3.05, 3.63) is 47.5 Å². The molecule has 0 bridgehead atoms. The summed E-state index contributed by atoms with van der Waals surface area (Å²) in [5.41, 5.74) is 2.51. The van der Waals surface area contributed by atoms with E-state index in [1.54, 1.807) is 24.3 Å². The van der Waals surface area contributed by atoms with Gasteiger partial charge in [0.05, 0.1) is 16.3 Å². The minimum absolute atomic E-state index is 0.0792. The highest BCUT2D eigenvalue weighted by Gasteiger charge is 2.12. The predicted molar refractivity (Wildman–Crippen MR) is 91.2 cm³/mol. The second-order valence-corrected chi connectivity index (χ2v) is 5.78. The molecule has 0 aliphatic heterocycles. The van der Waals surface area contributed by atoms with Gasteiger partial charge in [0.25, 0.3) is 0 Å². The van der Waals surface area contributed by atoms with E-state index in [9.17, 15) is 4.79 Å². The van der Waals surface area contributed by atoms with Gasteiger partial charge in [-0.1, -0.05) is 23.7 Å². The Hall–Kier alpha value is -2.49. The third-order valence-corrected chi connectivity index (χ3v) is 3.91. The molecule has 0 aliphatic carbocycles. The van der Waals surface area contributed by atoms with E-state index in [0.717, 1.165) is 11.8 Å². The monoisotopic (exact) mass is 343 g/mol. The van der Waals surface area contributed by atoms with Crippen molar-refractivity contribution in [1.82, 2.24) is 4.98 Å². The van der Waals surface area contributed by atoms with E-state index >= 15 is 0 Å². The number of nitriles is 1. The van der Waals surface area contributed by atoms with Crippen LogP contribution >= 0.6 is 23.4 Å². The Labute approximate surface area is 141 Å². The van der Waals surface area contributed by atoms with Gasteiger partial charge < -0.3 is 9.73 Å². The van der Waals surface area contributed by atoms with Crippen molar-refractivity contribution >= 4 is 46.1 Å². The quantitative estimate of drug-likeness (QED) is 0.714. The molecule has 0 fully saturated rings. The number of nitrogens with zero attached hydrogens (tertiary/aromatic N) is 2. The standard InChI is InChI=1S/C16H10ClN3O2S/c17-12-4-2-1-3-11(12)16-20-13-6-5-10(7-14(13)22-16)19-15(21)8-23-9-18/h1-7H,8H2,(H,19,21). The summed E-state index contributed by atoms with van der Waals surface area (Å²) in [5, 5.41) is 13.6. The first-order valence-electron chi connectivity index (χ1n) is 6.63. The molecular formula is C16H10ClN3O2S. The number of benzene rings is 2. The zero-order chi connectivity index (χ0) is 16.2. The van der Waals surface area contributed by atoms with Crippen molar-refractivity contribution in [2.24, 2.45) is 0 Å². The number of carbonyl (C=O) groups is 1. The first-order valence-corrected chi connectivity index (χ1v) is 8.00. The molecule has 0 saturated carbocycles. The Morgan fingerprint density at radius 1 is 1.35 bits per heavy atom. The second kappa shape index (κ2) is 6.73. The van der Waals surface area contributed by atoms with Crippen LogP contribution in [0.1, 0.15) is 0 Å². The number of thiocyanates is 1. The molecule has 2 aromatic carbocycles. The smallest absolute Gasteiger partial charge is 0.235 e.